The Hall–Kier alpha value is -1.68. The number of halogens is 1. The standard InChI is InChI=1S/C18H15ClO3/c19-14-8-6-12(7-9-14)16-17-15(20)10-11-18(21-16,22-17)13-4-2-1-3-5-13/h1-9,16-17H,10-11H2/t16-,17-,18-/m0/s1. The van der Waals surface area contributed by atoms with Crippen LogP contribution in [-0.4, -0.2) is 11.9 Å². The summed E-state index contributed by atoms with van der Waals surface area (Å²) in [7, 11) is 0. The fourth-order valence-corrected chi connectivity index (χ4v) is 3.34. The summed E-state index contributed by atoms with van der Waals surface area (Å²) < 4.78 is 12.3. The molecular weight excluding hydrogens is 300 g/mol. The van der Waals surface area contributed by atoms with E-state index < -0.39 is 11.9 Å². The minimum Gasteiger partial charge on any atom is -0.335 e. The molecule has 4 rings (SSSR count). The van der Waals surface area contributed by atoms with E-state index >= 15 is 0 Å². The Morgan fingerprint density at radius 2 is 1.64 bits per heavy atom. The van der Waals surface area contributed by atoms with Crippen molar-refractivity contribution in [1.82, 2.24) is 0 Å². The number of hydrogen-bond donors (Lipinski definition) is 0. The highest BCUT2D eigenvalue weighted by Crippen LogP contribution is 2.50. The number of benzene rings is 2. The Balaban J connectivity index is 1.73. The van der Waals surface area contributed by atoms with Gasteiger partial charge in [-0.1, -0.05) is 54.1 Å². The van der Waals surface area contributed by atoms with Crippen LogP contribution in [-0.2, 0) is 20.1 Å². The van der Waals surface area contributed by atoms with Gasteiger partial charge in [-0.15, -0.1) is 0 Å². The first-order chi connectivity index (χ1) is 10.7. The van der Waals surface area contributed by atoms with Crippen molar-refractivity contribution in [2.24, 2.45) is 0 Å². The van der Waals surface area contributed by atoms with E-state index in [1.165, 1.54) is 0 Å². The van der Waals surface area contributed by atoms with E-state index in [1.54, 1.807) is 0 Å². The molecular formula is C18H15ClO3. The Morgan fingerprint density at radius 3 is 2.36 bits per heavy atom. The fourth-order valence-electron chi connectivity index (χ4n) is 3.21. The maximum atomic E-state index is 12.2. The molecule has 0 saturated carbocycles. The van der Waals surface area contributed by atoms with Gasteiger partial charge in [0.15, 0.2) is 11.6 Å². The monoisotopic (exact) mass is 314 g/mol. The molecule has 3 nitrogen and oxygen atoms in total. The zero-order chi connectivity index (χ0) is 15.2. The highest BCUT2D eigenvalue weighted by atomic mass is 35.5. The minimum absolute atomic E-state index is 0.101. The second kappa shape index (κ2) is 5.20. The van der Waals surface area contributed by atoms with Crippen molar-refractivity contribution >= 4 is 17.4 Å². The zero-order valence-electron chi connectivity index (χ0n) is 11.9. The zero-order valence-corrected chi connectivity index (χ0v) is 12.6. The van der Waals surface area contributed by atoms with Crippen molar-refractivity contribution in [1.29, 1.82) is 0 Å². The Morgan fingerprint density at radius 1 is 0.955 bits per heavy atom. The van der Waals surface area contributed by atoms with Crippen LogP contribution in [0.4, 0.5) is 0 Å². The van der Waals surface area contributed by atoms with E-state index in [0.717, 1.165) is 11.1 Å². The highest BCUT2D eigenvalue weighted by molar-refractivity contribution is 6.30. The van der Waals surface area contributed by atoms with Gasteiger partial charge in [0.1, 0.15) is 12.2 Å². The molecule has 0 aliphatic carbocycles. The Labute approximate surface area is 133 Å². The second-order valence-corrected chi connectivity index (χ2v) is 6.15. The summed E-state index contributed by atoms with van der Waals surface area (Å²) in [4.78, 5) is 12.2. The van der Waals surface area contributed by atoms with E-state index in [9.17, 15) is 4.79 Å². The molecule has 3 atom stereocenters. The average Bonchev–Trinajstić information content (AvgIpc) is 2.89. The minimum atomic E-state index is -0.815. The van der Waals surface area contributed by atoms with Gasteiger partial charge in [0.25, 0.3) is 0 Å². The number of carbonyl (C=O) groups is 1. The summed E-state index contributed by atoms with van der Waals surface area (Å²) >= 11 is 5.94. The van der Waals surface area contributed by atoms with Gasteiger partial charge in [-0.25, -0.2) is 0 Å². The summed E-state index contributed by atoms with van der Waals surface area (Å²) in [5.74, 6) is -0.714. The Kier molecular flexibility index (Phi) is 3.30. The van der Waals surface area contributed by atoms with Crippen LogP contribution in [0, 0.1) is 0 Å². The predicted molar refractivity (Wildman–Crippen MR) is 82.5 cm³/mol. The molecule has 4 heteroatoms. The lowest BCUT2D eigenvalue weighted by Gasteiger charge is -2.31. The smallest absolute Gasteiger partial charge is 0.197 e. The lowest BCUT2D eigenvalue weighted by molar-refractivity contribution is -0.202. The molecule has 2 aliphatic rings. The first kappa shape index (κ1) is 13.9. The van der Waals surface area contributed by atoms with E-state index in [2.05, 4.69) is 0 Å². The summed E-state index contributed by atoms with van der Waals surface area (Å²) in [6.45, 7) is 0. The molecule has 2 fully saturated rings. The molecule has 0 unspecified atom stereocenters. The van der Waals surface area contributed by atoms with Crippen LogP contribution in [0.15, 0.2) is 54.6 Å². The van der Waals surface area contributed by atoms with Gasteiger partial charge in [-0.05, 0) is 17.7 Å². The number of Topliss-reactive ketones (excluding diaryl/α,β-unsaturated/α-hetero) is 1. The molecule has 2 aromatic carbocycles. The molecule has 0 radical (unpaired) electrons. The molecule has 2 saturated heterocycles. The lowest BCUT2D eigenvalue weighted by atomic mass is 9.94. The van der Waals surface area contributed by atoms with Crippen LogP contribution in [0.1, 0.15) is 30.1 Å². The van der Waals surface area contributed by atoms with Crippen LogP contribution in [0.3, 0.4) is 0 Å². The van der Waals surface area contributed by atoms with Crippen LogP contribution in [0.5, 0.6) is 0 Å². The molecule has 2 heterocycles. The quantitative estimate of drug-likeness (QED) is 0.840. The second-order valence-electron chi connectivity index (χ2n) is 5.71. The normalized spacial score (nSPS) is 30.5. The lowest BCUT2D eigenvalue weighted by Crippen LogP contribution is -2.36. The first-order valence-electron chi connectivity index (χ1n) is 7.37. The van der Waals surface area contributed by atoms with Crippen molar-refractivity contribution in [2.75, 3.05) is 0 Å². The summed E-state index contributed by atoms with van der Waals surface area (Å²) in [6, 6.07) is 17.2. The molecule has 2 bridgehead atoms. The predicted octanol–water partition coefficient (Wildman–Crippen LogP) is 4.01. The van der Waals surface area contributed by atoms with Gasteiger partial charge in [-0.2, -0.15) is 0 Å². The van der Waals surface area contributed by atoms with E-state index in [0.29, 0.717) is 17.9 Å². The van der Waals surface area contributed by atoms with Crippen LogP contribution in [0.25, 0.3) is 0 Å². The summed E-state index contributed by atoms with van der Waals surface area (Å²) in [5.41, 5.74) is 1.88. The third-order valence-electron chi connectivity index (χ3n) is 4.34. The van der Waals surface area contributed by atoms with Crippen LogP contribution >= 0.6 is 11.6 Å². The van der Waals surface area contributed by atoms with Crippen LogP contribution in [0.2, 0.25) is 5.02 Å². The van der Waals surface area contributed by atoms with Crippen LogP contribution < -0.4 is 0 Å². The topological polar surface area (TPSA) is 35.5 Å². The summed E-state index contributed by atoms with van der Waals surface area (Å²) in [5, 5.41) is 0.662. The molecule has 112 valence electrons. The van der Waals surface area contributed by atoms with Gasteiger partial charge in [0.05, 0.1) is 0 Å². The highest BCUT2D eigenvalue weighted by Gasteiger charge is 2.55. The SMILES string of the molecule is O=C1CC[C@@]2(c3ccccc3)O[C@@H]1[C@H](c1ccc(Cl)cc1)O2. The van der Waals surface area contributed by atoms with Crippen molar-refractivity contribution in [3.8, 4) is 0 Å². The number of ether oxygens (including phenoxy) is 2. The molecule has 0 N–H and O–H groups in total. The molecule has 2 aromatic rings. The van der Waals surface area contributed by atoms with Crippen molar-refractivity contribution < 1.29 is 14.3 Å². The molecule has 0 spiro atoms. The molecule has 0 aromatic heterocycles. The fraction of sp³-hybridized carbons (Fsp3) is 0.278. The van der Waals surface area contributed by atoms with Gasteiger partial charge in [0, 0.05) is 23.4 Å². The molecule has 0 amide bonds. The number of fused-ring (bicyclic) bond motifs is 2. The van der Waals surface area contributed by atoms with E-state index in [-0.39, 0.29) is 11.9 Å². The van der Waals surface area contributed by atoms with Crippen molar-refractivity contribution in [3.63, 3.8) is 0 Å². The van der Waals surface area contributed by atoms with Gasteiger partial charge >= 0.3 is 0 Å². The maximum Gasteiger partial charge on any atom is 0.197 e. The van der Waals surface area contributed by atoms with E-state index in [4.69, 9.17) is 21.1 Å². The molecule has 2 aliphatic heterocycles. The van der Waals surface area contributed by atoms with Gasteiger partial charge in [-0.3, -0.25) is 4.79 Å². The van der Waals surface area contributed by atoms with Gasteiger partial charge < -0.3 is 9.47 Å². The number of hydrogen-bond acceptors (Lipinski definition) is 3. The van der Waals surface area contributed by atoms with Crippen molar-refractivity contribution in [2.45, 2.75) is 30.8 Å². The number of ketones is 1. The third kappa shape index (κ3) is 2.17. The number of carbonyl (C=O) groups excluding carboxylic acids is 1. The Bertz CT molecular complexity index is 698. The third-order valence-corrected chi connectivity index (χ3v) is 4.59. The number of rotatable bonds is 2. The first-order valence-corrected chi connectivity index (χ1v) is 7.75. The molecule has 22 heavy (non-hydrogen) atoms. The summed E-state index contributed by atoms with van der Waals surface area (Å²) in [6.07, 6.45) is 0.0997. The largest absolute Gasteiger partial charge is 0.335 e. The van der Waals surface area contributed by atoms with Crippen molar-refractivity contribution in [3.05, 3.63) is 70.7 Å². The maximum absolute atomic E-state index is 12.2. The van der Waals surface area contributed by atoms with Gasteiger partial charge in [0.2, 0.25) is 0 Å². The average molecular weight is 315 g/mol. The van der Waals surface area contributed by atoms with E-state index in [1.807, 2.05) is 54.6 Å².